The lowest BCUT2D eigenvalue weighted by molar-refractivity contribution is -0.121. The number of ether oxygens (including phenoxy) is 3. The van der Waals surface area contributed by atoms with Crippen LogP contribution < -0.4 is 9.47 Å². The first kappa shape index (κ1) is 36.2. The third-order valence-electron chi connectivity index (χ3n) is 11.2. The minimum Gasteiger partial charge on any atom is -0.508 e. The van der Waals surface area contributed by atoms with E-state index in [0.717, 1.165) is 78.0 Å². The molecule has 6 nitrogen and oxygen atoms in total. The van der Waals surface area contributed by atoms with Gasteiger partial charge >= 0.3 is 0 Å². The molecular weight excluding hydrogens is 661 g/mol. The van der Waals surface area contributed by atoms with Gasteiger partial charge in [-0.1, -0.05) is 67.8 Å². The SMILES string of the molecule is CCc1cc(O)c2c3c4cc(cc13)COc1cc(ccc1OC)CCC(=O)C[C@H](C[C@@H]1C=C(O)C=C[C@H]1CCCCc1ccccc1)OC#C[C@H]2CC4. The van der Waals surface area contributed by atoms with Crippen molar-refractivity contribution in [2.75, 3.05) is 7.11 Å². The summed E-state index contributed by atoms with van der Waals surface area (Å²) < 4.78 is 18.4. The average Bonchev–Trinajstić information content (AvgIpc) is 3.17. The second kappa shape index (κ2) is 16.7. The van der Waals surface area contributed by atoms with E-state index in [1.165, 1.54) is 11.1 Å². The van der Waals surface area contributed by atoms with Crippen LogP contribution in [0.4, 0.5) is 0 Å². The Hall–Kier alpha value is -5.15. The van der Waals surface area contributed by atoms with E-state index >= 15 is 0 Å². The molecule has 4 atom stereocenters. The van der Waals surface area contributed by atoms with Crippen LogP contribution in [0.1, 0.15) is 91.2 Å². The zero-order valence-corrected chi connectivity index (χ0v) is 30.9. The van der Waals surface area contributed by atoms with Gasteiger partial charge in [0.2, 0.25) is 0 Å². The number of hydrogen-bond acceptors (Lipinski definition) is 6. The molecule has 5 aliphatic rings. The monoisotopic (exact) mass is 710 g/mol. The Morgan fingerprint density at radius 2 is 1.81 bits per heavy atom. The third kappa shape index (κ3) is 8.57. The molecule has 0 saturated carbocycles. The number of benzene rings is 4. The molecular formula is C47H50O6. The normalized spacial score (nSPS) is 21.2. The molecule has 0 amide bonds. The predicted octanol–water partition coefficient (Wildman–Crippen LogP) is 10.0. The van der Waals surface area contributed by atoms with Crippen LogP contribution in [0.3, 0.4) is 0 Å². The van der Waals surface area contributed by atoms with Crippen molar-refractivity contribution in [3.8, 4) is 29.3 Å². The summed E-state index contributed by atoms with van der Waals surface area (Å²) in [5.41, 5.74) is 6.53. The standard InChI is InChI=1S/C47H50O6/c1-3-34-28-43(50)47-36-15-16-37-23-33(24-42(34)46(37)47)30-53-45-25-32(14-20-44(45)51-2)13-18-40(49)29-41(52-22-21-36)27-38-26-39(48)19-17-35(38)12-8-7-11-31-9-5-4-6-10-31/h4-6,9-10,14,17,19-20,23-26,28,35-36,38,41,48,50H,3,7-8,11-13,15-16,18,27,29-30H2,1-2H3/t35-,36-,38+,41+/m1/s1. The zero-order chi connectivity index (χ0) is 36.7. The Morgan fingerprint density at radius 1 is 0.943 bits per heavy atom. The number of rotatable bonds is 9. The highest BCUT2D eigenvalue weighted by Gasteiger charge is 2.29. The van der Waals surface area contributed by atoms with Gasteiger partial charge in [0.05, 0.1) is 13.0 Å². The maximum atomic E-state index is 13.6. The molecule has 4 aromatic carbocycles. The summed E-state index contributed by atoms with van der Waals surface area (Å²) in [4.78, 5) is 13.6. The van der Waals surface area contributed by atoms with Crippen molar-refractivity contribution in [1.29, 1.82) is 0 Å². The molecule has 0 spiro atoms. The quantitative estimate of drug-likeness (QED) is 0.133. The van der Waals surface area contributed by atoms with E-state index in [2.05, 4.69) is 61.4 Å². The molecule has 3 aliphatic heterocycles. The van der Waals surface area contributed by atoms with Gasteiger partial charge in [0.1, 0.15) is 36.1 Å². The van der Waals surface area contributed by atoms with E-state index in [4.69, 9.17) is 14.2 Å². The number of fused-ring (bicyclic) bond motifs is 1. The van der Waals surface area contributed by atoms with Crippen LogP contribution in [0.5, 0.6) is 17.2 Å². The Bertz CT molecular complexity index is 2070. The van der Waals surface area contributed by atoms with Gasteiger partial charge in [-0.05, 0) is 138 Å². The van der Waals surface area contributed by atoms with Gasteiger partial charge in [-0.3, -0.25) is 4.79 Å². The highest BCUT2D eigenvalue weighted by atomic mass is 16.5. The second-order valence-electron chi connectivity index (χ2n) is 14.8. The van der Waals surface area contributed by atoms with Crippen LogP contribution in [0.15, 0.2) is 90.7 Å². The molecule has 8 bridgehead atoms. The van der Waals surface area contributed by atoms with Crippen molar-refractivity contribution >= 4 is 16.6 Å². The lowest BCUT2D eigenvalue weighted by Crippen LogP contribution is -2.24. The summed E-state index contributed by atoms with van der Waals surface area (Å²) in [6.45, 7) is 2.48. The average molecular weight is 711 g/mol. The number of methoxy groups -OCH3 is 1. The van der Waals surface area contributed by atoms with Crippen molar-refractivity contribution in [1.82, 2.24) is 0 Å². The van der Waals surface area contributed by atoms with Gasteiger partial charge in [0.25, 0.3) is 0 Å². The number of carbonyl (C=O) groups excluding carboxylic acids is 1. The van der Waals surface area contributed by atoms with Crippen LogP contribution in [0, 0.1) is 23.9 Å². The Balaban J connectivity index is 1.18. The zero-order valence-electron chi connectivity index (χ0n) is 30.9. The summed E-state index contributed by atoms with van der Waals surface area (Å²) in [5.74, 6) is 5.31. The summed E-state index contributed by atoms with van der Waals surface area (Å²) in [6.07, 6.45) is 16.7. The number of aryl methyl sites for hydroxylation is 4. The van der Waals surface area contributed by atoms with E-state index in [1.54, 1.807) is 13.2 Å². The number of aromatic hydroxyl groups is 1. The lowest BCUT2D eigenvalue weighted by atomic mass is 9.79. The van der Waals surface area contributed by atoms with Crippen molar-refractivity contribution in [2.45, 2.75) is 96.2 Å². The molecule has 2 aliphatic carbocycles. The fraction of sp³-hybridized carbons (Fsp3) is 0.383. The Morgan fingerprint density at radius 3 is 2.64 bits per heavy atom. The van der Waals surface area contributed by atoms with Crippen molar-refractivity contribution in [3.05, 3.63) is 124 Å². The second-order valence-corrected chi connectivity index (χ2v) is 14.8. The molecule has 0 saturated heterocycles. The third-order valence-corrected chi connectivity index (χ3v) is 11.2. The fourth-order valence-electron chi connectivity index (χ4n) is 8.43. The number of Topliss-reactive ketones (excluding diaryl/α,β-unsaturated/α-hetero) is 1. The molecule has 274 valence electrons. The van der Waals surface area contributed by atoms with Gasteiger partial charge in [-0.15, -0.1) is 0 Å². The molecule has 4 aromatic rings. The highest BCUT2D eigenvalue weighted by Crippen LogP contribution is 2.44. The largest absolute Gasteiger partial charge is 0.508 e. The molecule has 0 radical (unpaired) electrons. The van der Waals surface area contributed by atoms with Crippen molar-refractivity contribution in [2.24, 2.45) is 11.8 Å². The smallest absolute Gasteiger partial charge is 0.161 e. The van der Waals surface area contributed by atoms with Gasteiger partial charge in [0.15, 0.2) is 11.5 Å². The van der Waals surface area contributed by atoms with E-state index in [0.29, 0.717) is 37.4 Å². The molecule has 53 heavy (non-hydrogen) atoms. The summed E-state index contributed by atoms with van der Waals surface area (Å²) in [7, 11) is 1.64. The minimum absolute atomic E-state index is 0.0141. The topological polar surface area (TPSA) is 85.2 Å². The first-order valence-corrected chi connectivity index (χ1v) is 19.3. The van der Waals surface area contributed by atoms with E-state index in [-0.39, 0.29) is 41.5 Å². The summed E-state index contributed by atoms with van der Waals surface area (Å²) in [5, 5.41) is 24.2. The minimum atomic E-state index is -0.450. The number of aliphatic hydroxyl groups is 1. The number of unbranched alkanes of at least 4 members (excludes halogenated alkanes) is 1. The lowest BCUT2D eigenvalue weighted by Gasteiger charge is -2.28. The number of allylic oxidation sites excluding steroid dienone is 3. The van der Waals surface area contributed by atoms with Crippen LogP contribution in [0.2, 0.25) is 0 Å². The predicted molar refractivity (Wildman–Crippen MR) is 209 cm³/mol. The van der Waals surface area contributed by atoms with E-state index < -0.39 is 6.10 Å². The first-order valence-electron chi connectivity index (χ1n) is 19.3. The molecule has 9 rings (SSSR count). The number of phenolic OH excluding ortho intramolecular Hbond substituents is 1. The summed E-state index contributed by atoms with van der Waals surface area (Å²) >= 11 is 0. The summed E-state index contributed by atoms with van der Waals surface area (Å²) in [6, 6.07) is 22.7. The molecule has 3 heterocycles. The van der Waals surface area contributed by atoms with Crippen LogP contribution in [-0.2, 0) is 41.8 Å². The Kier molecular flexibility index (Phi) is 11.4. The maximum absolute atomic E-state index is 13.6. The number of hydrogen-bond donors (Lipinski definition) is 2. The molecule has 6 heteroatoms. The highest BCUT2D eigenvalue weighted by molar-refractivity contribution is 5.95. The number of phenols is 1. The van der Waals surface area contributed by atoms with Crippen LogP contribution >= 0.6 is 0 Å². The number of ketones is 1. The number of aliphatic hydroxyl groups excluding tert-OH is 1. The molecule has 0 aromatic heterocycles. The maximum Gasteiger partial charge on any atom is 0.161 e. The first-order chi connectivity index (χ1) is 25.9. The van der Waals surface area contributed by atoms with E-state index in [9.17, 15) is 15.0 Å². The van der Waals surface area contributed by atoms with Gasteiger partial charge < -0.3 is 24.4 Å². The fourth-order valence-corrected chi connectivity index (χ4v) is 8.43. The molecule has 0 fully saturated rings. The van der Waals surface area contributed by atoms with Crippen molar-refractivity contribution in [3.63, 3.8) is 0 Å². The van der Waals surface area contributed by atoms with Crippen LogP contribution in [0.25, 0.3) is 10.8 Å². The van der Waals surface area contributed by atoms with E-state index in [1.807, 2.05) is 36.4 Å². The Labute approximate surface area is 313 Å². The van der Waals surface area contributed by atoms with Gasteiger partial charge in [0, 0.05) is 18.4 Å². The van der Waals surface area contributed by atoms with Gasteiger partial charge in [-0.25, -0.2) is 0 Å². The molecule has 2 N–H and O–H groups in total. The number of carbonyl (C=O) groups is 1. The van der Waals surface area contributed by atoms with Gasteiger partial charge in [-0.2, -0.15) is 0 Å². The van der Waals surface area contributed by atoms with Crippen LogP contribution in [-0.4, -0.2) is 29.2 Å². The van der Waals surface area contributed by atoms with Crippen molar-refractivity contribution < 1.29 is 29.2 Å². The molecule has 0 unspecified atom stereocenters.